The van der Waals surface area contributed by atoms with E-state index < -0.39 is 10.0 Å². The van der Waals surface area contributed by atoms with Gasteiger partial charge in [-0.05, 0) is 62.6 Å². The van der Waals surface area contributed by atoms with Crippen molar-refractivity contribution in [2.45, 2.75) is 50.6 Å². The van der Waals surface area contributed by atoms with Gasteiger partial charge in [0.05, 0.1) is 10.9 Å². The molecule has 0 heterocycles. The zero-order valence-electron chi connectivity index (χ0n) is 15.7. The van der Waals surface area contributed by atoms with Gasteiger partial charge in [-0.3, -0.25) is 4.79 Å². The van der Waals surface area contributed by atoms with Crippen molar-refractivity contribution in [3.05, 3.63) is 64.1 Å². The lowest BCUT2D eigenvalue weighted by molar-refractivity contribution is -0.121. The minimum atomic E-state index is -3.49. The van der Waals surface area contributed by atoms with Crippen molar-refractivity contribution in [3.8, 4) is 0 Å². The van der Waals surface area contributed by atoms with Crippen molar-refractivity contribution < 1.29 is 13.2 Å². The van der Waals surface area contributed by atoms with Crippen molar-refractivity contribution >= 4 is 31.9 Å². The smallest absolute Gasteiger partial charge is 0.240 e. The van der Waals surface area contributed by atoms with Gasteiger partial charge in [-0.15, -0.1) is 0 Å². The second-order valence-corrected chi connectivity index (χ2v) is 9.39. The molecule has 0 aliphatic carbocycles. The van der Waals surface area contributed by atoms with Crippen LogP contribution in [0.1, 0.15) is 44.4 Å². The minimum absolute atomic E-state index is 0.0383. The predicted octanol–water partition coefficient (Wildman–Crippen LogP) is 3.95. The number of nitrogens with one attached hydrogen (secondary N) is 2. The largest absolute Gasteiger partial charge is 0.350 e. The minimum Gasteiger partial charge on any atom is -0.350 e. The second-order valence-electron chi connectivity index (χ2n) is 6.76. The molecule has 0 radical (unpaired) electrons. The number of aryl methyl sites for hydroxylation is 1. The van der Waals surface area contributed by atoms with Gasteiger partial charge < -0.3 is 5.32 Å². The summed E-state index contributed by atoms with van der Waals surface area (Å²) in [4.78, 5) is 12.4. The molecule has 5 nitrogen and oxygen atoms in total. The van der Waals surface area contributed by atoms with Crippen LogP contribution in [0.3, 0.4) is 0 Å². The van der Waals surface area contributed by atoms with Gasteiger partial charge in [0.1, 0.15) is 0 Å². The van der Waals surface area contributed by atoms with Crippen LogP contribution < -0.4 is 10.0 Å². The maximum absolute atomic E-state index is 12.2. The molecule has 0 bridgehead atoms. The third-order valence-corrected chi connectivity index (χ3v) is 6.22. The molecular weight excluding hydrogens is 428 g/mol. The van der Waals surface area contributed by atoms with Crippen LogP contribution in [0.25, 0.3) is 0 Å². The van der Waals surface area contributed by atoms with E-state index in [4.69, 9.17) is 0 Å². The number of benzene rings is 2. The van der Waals surface area contributed by atoms with Crippen LogP contribution in [-0.4, -0.2) is 20.4 Å². The summed E-state index contributed by atoms with van der Waals surface area (Å²) < 4.78 is 27.8. The van der Waals surface area contributed by atoms with Crippen molar-refractivity contribution in [2.24, 2.45) is 0 Å². The fourth-order valence-electron chi connectivity index (χ4n) is 2.62. The lowest BCUT2D eigenvalue weighted by Crippen LogP contribution is -2.30. The number of amides is 1. The van der Waals surface area contributed by atoms with Gasteiger partial charge in [-0.2, -0.15) is 0 Å². The number of sulfonamides is 1. The SMILES string of the molecule is CC(C)NS(=O)(=O)c1ccc(CCC(=O)NC(C)c2ccc(Br)cc2)cc1. The number of rotatable bonds is 8. The summed E-state index contributed by atoms with van der Waals surface area (Å²) in [6.07, 6.45) is 0.897. The van der Waals surface area contributed by atoms with Crippen LogP contribution in [0.5, 0.6) is 0 Å². The van der Waals surface area contributed by atoms with E-state index in [9.17, 15) is 13.2 Å². The van der Waals surface area contributed by atoms with Crippen molar-refractivity contribution in [1.82, 2.24) is 10.0 Å². The molecule has 2 aromatic carbocycles. The van der Waals surface area contributed by atoms with E-state index in [1.807, 2.05) is 31.2 Å². The monoisotopic (exact) mass is 452 g/mol. The Bertz CT molecular complexity index is 863. The van der Waals surface area contributed by atoms with E-state index in [-0.39, 0.29) is 22.9 Å². The highest BCUT2D eigenvalue weighted by molar-refractivity contribution is 9.10. The zero-order chi connectivity index (χ0) is 20.0. The van der Waals surface area contributed by atoms with Crippen LogP contribution in [-0.2, 0) is 21.2 Å². The third kappa shape index (κ3) is 6.75. The Labute approximate surface area is 169 Å². The van der Waals surface area contributed by atoms with Crippen LogP contribution in [0, 0.1) is 0 Å². The summed E-state index contributed by atoms with van der Waals surface area (Å²) in [5.74, 6) is -0.0383. The summed E-state index contributed by atoms with van der Waals surface area (Å²) in [5.41, 5.74) is 1.96. The molecule has 0 aromatic heterocycles. The van der Waals surface area contributed by atoms with Gasteiger partial charge in [-0.1, -0.05) is 40.2 Å². The van der Waals surface area contributed by atoms with E-state index >= 15 is 0 Å². The lowest BCUT2D eigenvalue weighted by atomic mass is 10.1. The van der Waals surface area contributed by atoms with Crippen LogP contribution in [0.2, 0.25) is 0 Å². The molecule has 2 aromatic rings. The topological polar surface area (TPSA) is 75.3 Å². The number of halogens is 1. The van der Waals surface area contributed by atoms with Crippen LogP contribution >= 0.6 is 15.9 Å². The molecule has 7 heteroatoms. The standard InChI is InChI=1S/C20H25BrN2O3S/c1-14(2)23-27(25,26)19-11-4-16(5-12-19)6-13-20(24)22-15(3)17-7-9-18(21)10-8-17/h4-5,7-12,14-15,23H,6,13H2,1-3H3,(H,22,24). The molecule has 0 aliphatic rings. The molecule has 0 saturated heterocycles. The molecule has 146 valence electrons. The molecule has 1 atom stereocenters. The van der Waals surface area contributed by atoms with E-state index in [0.29, 0.717) is 12.8 Å². The maximum atomic E-state index is 12.2. The van der Waals surface area contributed by atoms with Crippen molar-refractivity contribution in [2.75, 3.05) is 0 Å². The predicted molar refractivity (Wildman–Crippen MR) is 111 cm³/mol. The van der Waals surface area contributed by atoms with E-state index in [0.717, 1.165) is 15.6 Å². The average Bonchev–Trinajstić information content (AvgIpc) is 2.60. The molecule has 0 saturated carbocycles. The second kappa shape index (κ2) is 9.48. The molecule has 0 aliphatic heterocycles. The highest BCUT2D eigenvalue weighted by Gasteiger charge is 2.15. The van der Waals surface area contributed by atoms with Gasteiger partial charge in [-0.25, -0.2) is 13.1 Å². The Balaban J connectivity index is 1.89. The first kappa shape index (κ1) is 21.6. The number of hydrogen-bond donors (Lipinski definition) is 2. The van der Waals surface area contributed by atoms with Gasteiger partial charge in [0.2, 0.25) is 15.9 Å². The molecular formula is C20H25BrN2O3S. The summed E-state index contributed by atoms with van der Waals surface area (Å²) in [7, 11) is -3.49. The molecule has 2 N–H and O–H groups in total. The Kier molecular flexibility index (Phi) is 7.59. The van der Waals surface area contributed by atoms with Gasteiger partial charge >= 0.3 is 0 Å². The Morgan fingerprint density at radius 3 is 2.15 bits per heavy atom. The lowest BCUT2D eigenvalue weighted by Gasteiger charge is -2.14. The molecule has 1 amide bonds. The van der Waals surface area contributed by atoms with Crippen LogP contribution in [0.4, 0.5) is 0 Å². The highest BCUT2D eigenvalue weighted by atomic mass is 79.9. The van der Waals surface area contributed by atoms with Crippen molar-refractivity contribution in [3.63, 3.8) is 0 Å². The summed E-state index contributed by atoms with van der Waals surface area (Å²) in [6.45, 7) is 5.50. The summed E-state index contributed by atoms with van der Waals surface area (Å²) in [6, 6.07) is 14.2. The van der Waals surface area contributed by atoms with E-state index in [2.05, 4.69) is 26.0 Å². The van der Waals surface area contributed by atoms with Crippen LogP contribution in [0.15, 0.2) is 57.9 Å². The first-order chi connectivity index (χ1) is 12.7. The normalized spacial score (nSPS) is 12.8. The first-order valence-corrected chi connectivity index (χ1v) is 11.1. The number of carbonyl (C=O) groups excluding carboxylic acids is 1. The molecule has 0 fully saturated rings. The van der Waals surface area contributed by atoms with Gasteiger partial charge in [0, 0.05) is 16.9 Å². The molecule has 0 spiro atoms. The Morgan fingerprint density at radius 1 is 1.00 bits per heavy atom. The summed E-state index contributed by atoms with van der Waals surface area (Å²) in [5, 5.41) is 2.98. The fourth-order valence-corrected chi connectivity index (χ4v) is 4.14. The third-order valence-electron chi connectivity index (χ3n) is 4.01. The Morgan fingerprint density at radius 2 is 1.59 bits per heavy atom. The van der Waals surface area contributed by atoms with E-state index in [1.54, 1.807) is 38.1 Å². The Hall–Kier alpha value is -1.70. The number of hydrogen-bond acceptors (Lipinski definition) is 3. The van der Waals surface area contributed by atoms with E-state index in [1.165, 1.54) is 0 Å². The zero-order valence-corrected chi connectivity index (χ0v) is 18.1. The molecule has 27 heavy (non-hydrogen) atoms. The number of carbonyl (C=O) groups is 1. The summed E-state index contributed by atoms with van der Waals surface area (Å²) >= 11 is 3.40. The van der Waals surface area contributed by atoms with Gasteiger partial charge in [0.15, 0.2) is 0 Å². The van der Waals surface area contributed by atoms with Crippen molar-refractivity contribution in [1.29, 1.82) is 0 Å². The molecule has 1 unspecified atom stereocenters. The first-order valence-electron chi connectivity index (χ1n) is 8.83. The maximum Gasteiger partial charge on any atom is 0.240 e. The highest BCUT2D eigenvalue weighted by Crippen LogP contribution is 2.17. The average molecular weight is 453 g/mol. The molecule has 2 rings (SSSR count). The fraction of sp³-hybridized carbons (Fsp3) is 0.350. The van der Waals surface area contributed by atoms with Gasteiger partial charge in [0.25, 0.3) is 0 Å². The quantitative estimate of drug-likeness (QED) is 0.636.